The standard InChI is InChI=1S/C19H17Cl2N3O2/c1-10-3-6-14(21)9-15(10)23-18(25)16-11(2)22-19(26)24-17(16)12-4-7-13(20)8-5-12/h3-9,17H,1-2H3,(H,23,25)(H2,22,24,26). The van der Waals surface area contributed by atoms with E-state index in [0.29, 0.717) is 27.0 Å². The van der Waals surface area contributed by atoms with E-state index in [2.05, 4.69) is 16.0 Å². The van der Waals surface area contributed by atoms with Gasteiger partial charge in [0.1, 0.15) is 0 Å². The largest absolute Gasteiger partial charge is 0.327 e. The van der Waals surface area contributed by atoms with Gasteiger partial charge >= 0.3 is 6.03 Å². The molecule has 134 valence electrons. The average Bonchev–Trinajstić information content (AvgIpc) is 2.58. The summed E-state index contributed by atoms with van der Waals surface area (Å²) in [7, 11) is 0. The zero-order valence-electron chi connectivity index (χ0n) is 14.2. The molecule has 0 fully saturated rings. The van der Waals surface area contributed by atoms with Crippen molar-refractivity contribution in [3.8, 4) is 0 Å². The van der Waals surface area contributed by atoms with Crippen molar-refractivity contribution in [1.82, 2.24) is 10.6 Å². The number of hydrogen-bond acceptors (Lipinski definition) is 2. The Morgan fingerprint density at radius 1 is 1.04 bits per heavy atom. The zero-order valence-corrected chi connectivity index (χ0v) is 15.7. The van der Waals surface area contributed by atoms with E-state index in [4.69, 9.17) is 23.2 Å². The van der Waals surface area contributed by atoms with Crippen molar-refractivity contribution in [1.29, 1.82) is 0 Å². The molecule has 0 saturated heterocycles. The number of carbonyl (C=O) groups excluding carboxylic acids is 2. The molecule has 1 atom stereocenters. The summed E-state index contributed by atoms with van der Waals surface area (Å²) in [6.07, 6.45) is 0. The van der Waals surface area contributed by atoms with E-state index in [1.54, 1.807) is 43.3 Å². The lowest BCUT2D eigenvalue weighted by molar-refractivity contribution is -0.113. The van der Waals surface area contributed by atoms with Crippen LogP contribution in [-0.2, 0) is 4.79 Å². The molecule has 0 bridgehead atoms. The topological polar surface area (TPSA) is 70.2 Å². The molecule has 1 heterocycles. The number of rotatable bonds is 3. The van der Waals surface area contributed by atoms with Crippen LogP contribution in [0.1, 0.15) is 24.1 Å². The van der Waals surface area contributed by atoms with Crippen molar-refractivity contribution >= 4 is 40.8 Å². The first-order valence-electron chi connectivity index (χ1n) is 7.96. The lowest BCUT2D eigenvalue weighted by Crippen LogP contribution is -2.46. The summed E-state index contributed by atoms with van der Waals surface area (Å²) < 4.78 is 0. The van der Waals surface area contributed by atoms with Crippen LogP contribution in [0.4, 0.5) is 10.5 Å². The molecule has 2 aromatic rings. The molecule has 3 amide bonds. The fourth-order valence-electron chi connectivity index (χ4n) is 2.82. The third-order valence-corrected chi connectivity index (χ3v) is 4.65. The van der Waals surface area contributed by atoms with Crippen molar-refractivity contribution < 1.29 is 9.59 Å². The molecule has 1 aliphatic rings. The summed E-state index contributed by atoms with van der Waals surface area (Å²) in [5.74, 6) is -0.319. The summed E-state index contributed by atoms with van der Waals surface area (Å²) in [4.78, 5) is 24.9. The van der Waals surface area contributed by atoms with Crippen molar-refractivity contribution in [2.75, 3.05) is 5.32 Å². The predicted octanol–water partition coefficient (Wildman–Crippen LogP) is 4.57. The first-order chi connectivity index (χ1) is 12.3. The van der Waals surface area contributed by atoms with E-state index in [1.165, 1.54) is 0 Å². The Hall–Kier alpha value is -2.50. The lowest BCUT2D eigenvalue weighted by Gasteiger charge is -2.29. The van der Waals surface area contributed by atoms with Crippen molar-refractivity contribution in [2.24, 2.45) is 0 Å². The lowest BCUT2D eigenvalue weighted by atomic mass is 9.95. The van der Waals surface area contributed by atoms with Gasteiger partial charge in [0.15, 0.2) is 0 Å². The molecule has 0 saturated carbocycles. The van der Waals surface area contributed by atoms with Crippen LogP contribution in [0.5, 0.6) is 0 Å². The minimum Gasteiger partial charge on any atom is -0.327 e. The average molecular weight is 390 g/mol. The number of benzene rings is 2. The van der Waals surface area contributed by atoms with Crippen LogP contribution in [0.15, 0.2) is 53.7 Å². The quantitative estimate of drug-likeness (QED) is 0.719. The number of hydrogen-bond donors (Lipinski definition) is 3. The number of urea groups is 1. The fraction of sp³-hybridized carbons (Fsp3) is 0.158. The van der Waals surface area contributed by atoms with Gasteiger partial charge in [0, 0.05) is 21.4 Å². The number of anilines is 1. The second kappa shape index (κ2) is 7.40. The Morgan fingerprint density at radius 2 is 1.69 bits per heavy atom. The van der Waals surface area contributed by atoms with E-state index in [9.17, 15) is 9.59 Å². The summed E-state index contributed by atoms with van der Waals surface area (Å²) >= 11 is 12.0. The molecule has 0 radical (unpaired) electrons. The Balaban J connectivity index is 1.96. The van der Waals surface area contributed by atoms with E-state index >= 15 is 0 Å². The Labute approximate surface area is 161 Å². The minimum absolute atomic E-state index is 0.319. The maximum atomic E-state index is 13.0. The fourth-order valence-corrected chi connectivity index (χ4v) is 3.12. The molecule has 1 unspecified atom stereocenters. The molecular formula is C19H17Cl2N3O2. The molecule has 5 nitrogen and oxygen atoms in total. The van der Waals surface area contributed by atoms with Gasteiger partial charge in [-0.25, -0.2) is 4.79 Å². The minimum atomic E-state index is -0.583. The third kappa shape index (κ3) is 3.84. The molecule has 3 N–H and O–H groups in total. The van der Waals surface area contributed by atoms with Crippen LogP contribution in [0.25, 0.3) is 0 Å². The van der Waals surface area contributed by atoms with Crippen LogP contribution in [-0.4, -0.2) is 11.9 Å². The van der Waals surface area contributed by atoms with Crippen LogP contribution in [0, 0.1) is 6.92 Å². The van der Waals surface area contributed by atoms with Crippen LogP contribution in [0.2, 0.25) is 10.0 Å². The number of nitrogens with one attached hydrogen (secondary N) is 3. The molecule has 1 aliphatic heterocycles. The highest BCUT2D eigenvalue weighted by Gasteiger charge is 2.31. The van der Waals surface area contributed by atoms with Gasteiger partial charge in [0.05, 0.1) is 11.6 Å². The summed E-state index contributed by atoms with van der Waals surface area (Å²) in [6.45, 7) is 3.58. The summed E-state index contributed by atoms with van der Waals surface area (Å²) in [5, 5.41) is 9.42. The number of carbonyl (C=O) groups is 2. The van der Waals surface area contributed by atoms with Gasteiger partial charge in [-0.1, -0.05) is 41.4 Å². The highest BCUT2D eigenvalue weighted by molar-refractivity contribution is 6.31. The number of halogens is 2. The first-order valence-corrected chi connectivity index (χ1v) is 8.72. The molecule has 2 aromatic carbocycles. The highest BCUT2D eigenvalue weighted by atomic mass is 35.5. The van der Waals surface area contributed by atoms with Crippen molar-refractivity contribution in [3.63, 3.8) is 0 Å². The second-order valence-electron chi connectivity index (χ2n) is 6.04. The van der Waals surface area contributed by atoms with Crippen LogP contribution in [0.3, 0.4) is 0 Å². The van der Waals surface area contributed by atoms with Gasteiger partial charge in [-0.15, -0.1) is 0 Å². The highest BCUT2D eigenvalue weighted by Crippen LogP contribution is 2.29. The molecular weight excluding hydrogens is 373 g/mol. The molecule has 7 heteroatoms. The van der Waals surface area contributed by atoms with Gasteiger partial charge < -0.3 is 16.0 Å². The van der Waals surface area contributed by atoms with E-state index < -0.39 is 6.04 Å². The molecule has 26 heavy (non-hydrogen) atoms. The predicted molar refractivity (Wildman–Crippen MR) is 103 cm³/mol. The van der Waals surface area contributed by atoms with Gasteiger partial charge in [-0.3, -0.25) is 4.79 Å². The van der Waals surface area contributed by atoms with Gasteiger partial charge in [-0.2, -0.15) is 0 Å². The van der Waals surface area contributed by atoms with E-state index in [-0.39, 0.29) is 11.9 Å². The third-order valence-electron chi connectivity index (χ3n) is 4.16. The number of amides is 3. The molecule has 0 spiro atoms. The van der Waals surface area contributed by atoms with Crippen molar-refractivity contribution in [3.05, 3.63) is 74.9 Å². The summed E-state index contributed by atoms with van der Waals surface area (Å²) in [6, 6.07) is 11.3. The number of aryl methyl sites for hydroxylation is 1. The Morgan fingerprint density at radius 3 is 2.38 bits per heavy atom. The van der Waals surface area contributed by atoms with Crippen LogP contribution >= 0.6 is 23.2 Å². The Bertz CT molecular complexity index is 908. The summed E-state index contributed by atoms with van der Waals surface area (Å²) in [5.41, 5.74) is 3.18. The number of allylic oxidation sites excluding steroid dienone is 1. The van der Waals surface area contributed by atoms with Crippen LogP contribution < -0.4 is 16.0 Å². The SMILES string of the molecule is CC1=C(C(=O)Nc2cc(Cl)ccc2C)C(c2ccc(Cl)cc2)NC(=O)N1. The molecule has 0 aliphatic carbocycles. The second-order valence-corrected chi connectivity index (χ2v) is 6.91. The normalized spacial score (nSPS) is 16.8. The maximum absolute atomic E-state index is 13.0. The molecule has 0 aromatic heterocycles. The van der Waals surface area contributed by atoms with Gasteiger partial charge in [-0.05, 0) is 49.2 Å². The first kappa shape index (κ1) is 18.3. The Kier molecular flexibility index (Phi) is 5.20. The van der Waals surface area contributed by atoms with Crippen molar-refractivity contribution in [2.45, 2.75) is 19.9 Å². The maximum Gasteiger partial charge on any atom is 0.319 e. The van der Waals surface area contributed by atoms with E-state index in [0.717, 1.165) is 11.1 Å². The monoisotopic (exact) mass is 389 g/mol. The smallest absolute Gasteiger partial charge is 0.319 e. The van der Waals surface area contributed by atoms with E-state index in [1.807, 2.05) is 13.0 Å². The zero-order chi connectivity index (χ0) is 18.8. The molecule has 3 rings (SSSR count). The van der Waals surface area contributed by atoms with Gasteiger partial charge in [0.2, 0.25) is 0 Å². The van der Waals surface area contributed by atoms with Gasteiger partial charge in [0.25, 0.3) is 5.91 Å².